The third kappa shape index (κ3) is 3.15. The summed E-state index contributed by atoms with van der Waals surface area (Å²) in [5.74, 6) is -1.00. The van der Waals surface area contributed by atoms with Crippen LogP contribution in [0, 0.1) is 0 Å². The number of rotatable bonds is 4. The van der Waals surface area contributed by atoms with Gasteiger partial charge in [-0.05, 0) is 24.3 Å². The number of aliphatic carboxylic acids is 1. The Morgan fingerprint density at radius 3 is 2.53 bits per heavy atom. The first-order valence-electron chi connectivity index (χ1n) is 5.52. The Balaban J connectivity index is 2.09. The minimum absolute atomic E-state index is 0.539. The van der Waals surface area contributed by atoms with E-state index in [1.807, 2.05) is 7.05 Å². The van der Waals surface area contributed by atoms with Crippen LogP contribution in [-0.4, -0.2) is 31.7 Å². The Morgan fingerprint density at radius 1 is 1.32 bits per heavy atom. The van der Waals surface area contributed by atoms with E-state index in [0.717, 1.165) is 5.56 Å². The molecular weight excluding hydrogens is 248 g/mol. The van der Waals surface area contributed by atoms with E-state index in [-0.39, 0.29) is 0 Å². The monoisotopic (exact) mass is 260 g/mol. The summed E-state index contributed by atoms with van der Waals surface area (Å²) in [7, 11) is 1.83. The molecule has 7 heteroatoms. The van der Waals surface area contributed by atoms with Crippen LogP contribution in [-0.2, 0) is 16.6 Å². The smallest absolute Gasteiger partial charge is 0.312 e. The Hall–Kier alpha value is -2.70. The number of hydrogen-bond acceptors (Lipinski definition) is 4. The van der Waals surface area contributed by atoms with Crippen molar-refractivity contribution < 1.29 is 14.7 Å². The molecule has 0 fully saturated rings. The second-order valence-electron chi connectivity index (χ2n) is 3.96. The highest BCUT2D eigenvalue weighted by Gasteiger charge is 2.08. The van der Waals surface area contributed by atoms with E-state index in [9.17, 15) is 9.59 Å². The number of aromatic nitrogens is 3. The molecule has 0 aliphatic heterocycles. The largest absolute Gasteiger partial charge is 0.481 e. The molecule has 0 saturated heterocycles. The SMILES string of the molecule is Cn1cnnc1-c1ccc(NC(=O)CC(=O)O)cc1. The average Bonchev–Trinajstić information content (AvgIpc) is 2.75. The third-order valence-corrected chi connectivity index (χ3v) is 2.45. The van der Waals surface area contributed by atoms with Crippen LogP contribution in [0.3, 0.4) is 0 Å². The third-order valence-electron chi connectivity index (χ3n) is 2.45. The van der Waals surface area contributed by atoms with Crippen LogP contribution in [0.25, 0.3) is 11.4 Å². The van der Waals surface area contributed by atoms with Crippen molar-refractivity contribution in [3.05, 3.63) is 30.6 Å². The van der Waals surface area contributed by atoms with Gasteiger partial charge >= 0.3 is 5.97 Å². The van der Waals surface area contributed by atoms with Crippen LogP contribution in [0.2, 0.25) is 0 Å². The zero-order valence-electron chi connectivity index (χ0n) is 10.2. The van der Waals surface area contributed by atoms with Crippen LogP contribution in [0.5, 0.6) is 0 Å². The number of carbonyl (C=O) groups is 2. The highest BCUT2D eigenvalue weighted by molar-refractivity contribution is 6.01. The van der Waals surface area contributed by atoms with Gasteiger partial charge in [-0.2, -0.15) is 0 Å². The molecule has 0 aliphatic carbocycles. The minimum atomic E-state index is -1.16. The number of carbonyl (C=O) groups excluding carboxylic acids is 1. The predicted molar refractivity (Wildman–Crippen MR) is 67.3 cm³/mol. The van der Waals surface area contributed by atoms with E-state index >= 15 is 0 Å². The molecule has 2 rings (SSSR count). The van der Waals surface area contributed by atoms with Crippen molar-refractivity contribution >= 4 is 17.6 Å². The van der Waals surface area contributed by atoms with Crippen molar-refractivity contribution in [2.24, 2.45) is 7.05 Å². The van der Waals surface area contributed by atoms with E-state index in [1.54, 1.807) is 35.2 Å². The van der Waals surface area contributed by atoms with Crippen molar-refractivity contribution in [3.63, 3.8) is 0 Å². The lowest BCUT2D eigenvalue weighted by Crippen LogP contribution is -2.15. The van der Waals surface area contributed by atoms with E-state index in [4.69, 9.17) is 5.11 Å². The summed E-state index contributed by atoms with van der Waals surface area (Å²) in [6, 6.07) is 6.92. The lowest BCUT2D eigenvalue weighted by Gasteiger charge is -2.05. The first kappa shape index (κ1) is 12.7. The molecule has 19 heavy (non-hydrogen) atoms. The average molecular weight is 260 g/mol. The van der Waals surface area contributed by atoms with Gasteiger partial charge in [-0.3, -0.25) is 9.59 Å². The van der Waals surface area contributed by atoms with Crippen LogP contribution in [0.15, 0.2) is 30.6 Å². The summed E-state index contributed by atoms with van der Waals surface area (Å²) in [6.07, 6.45) is 1.04. The Kier molecular flexibility index (Phi) is 3.56. The maximum Gasteiger partial charge on any atom is 0.312 e. The number of carboxylic acid groups (broad SMARTS) is 1. The molecule has 1 aromatic carbocycles. The van der Waals surface area contributed by atoms with Gasteiger partial charge in [0.2, 0.25) is 5.91 Å². The molecule has 0 atom stereocenters. The second kappa shape index (κ2) is 5.30. The summed E-state index contributed by atoms with van der Waals surface area (Å²) >= 11 is 0. The molecule has 1 aromatic heterocycles. The van der Waals surface area contributed by atoms with Gasteiger partial charge in [0, 0.05) is 18.3 Å². The van der Waals surface area contributed by atoms with Gasteiger partial charge < -0.3 is 15.0 Å². The van der Waals surface area contributed by atoms with Crippen LogP contribution in [0.4, 0.5) is 5.69 Å². The standard InChI is InChI=1S/C12H12N4O3/c1-16-7-13-15-12(16)8-2-4-9(5-3-8)14-10(17)6-11(18)19/h2-5,7H,6H2,1H3,(H,14,17)(H,18,19). The zero-order valence-corrected chi connectivity index (χ0v) is 10.2. The van der Waals surface area contributed by atoms with Gasteiger partial charge in [0.1, 0.15) is 12.7 Å². The van der Waals surface area contributed by atoms with Gasteiger partial charge in [-0.1, -0.05) is 0 Å². The van der Waals surface area contributed by atoms with Crippen molar-refractivity contribution in [3.8, 4) is 11.4 Å². The number of nitrogens with zero attached hydrogens (tertiary/aromatic N) is 3. The molecule has 1 amide bonds. The van der Waals surface area contributed by atoms with Gasteiger partial charge in [0.25, 0.3) is 0 Å². The molecule has 2 N–H and O–H groups in total. The maximum absolute atomic E-state index is 11.3. The van der Waals surface area contributed by atoms with Crippen molar-refractivity contribution in [2.75, 3.05) is 5.32 Å². The number of benzene rings is 1. The molecule has 1 heterocycles. The summed E-state index contributed by atoms with van der Waals surface area (Å²) in [5, 5.41) is 18.7. The Labute approximate surface area is 108 Å². The van der Waals surface area contributed by atoms with Crippen molar-refractivity contribution in [2.45, 2.75) is 6.42 Å². The fraction of sp³-hybridized carbons (Fsp3) is 0.167. The van der Waals surface area contributed by atoms with Crippen molar-refractivity contribution in [1.82, 2.24) is 14.8 Å². The number of hydrogen-bond donors (Lipinski definition) is 2. The first-order valence-corrected chi connectivity index (χ1v) is 5.52. The molecular formula is C12H12N4O3. The lowest BCUT2D eigenvalue weighted by molar-refractivity contribution is -0.139. The van der Waals surface area contributed by atoms with E-state index in [1.165, 1.54) is 0 Å². The van der Waals surface area contributed by atoms with Gasteiger partial charge in [-0.15, -0.1) is 10.2 Å². The molecule has 0 aliphatic rings. The number of amides is 1. The molecule has 2 aromatic rings. The number of nitrogens with one attached hydrogen (secondary N) is 1. The van der Waals surface area contributed by atoms with E-state index in [2.05, 4.69) is 15.5 Å². The van der Waals surface area contributed by atoms with Gasteiger partial charge in [0.15, 0.2) is 5.82 Å². The summed E-state index contributed by atoms with van der Waals surface area (Å²) < 4.78 is 1.78. The molecule has 0 saturated carbocycles. The summed E-state index contributed by atoms with van der Waals surface area (Å²) in [5.41, 5.74) is 1.40. The number of anilines is 1. The molecule has 0 bridgehead atoms. The fourth-order valence-electron chi connectivity index (χ4n) is 1.59. The topological polar surface area (TPSA) is 97.1 Å². The first-order chi connectivity index (χ1) is 9.06. The van der Waals surface area contributed by atoms with Crippen LogP contribution >= 0.6 is 0 Å². The second-order valence-corrected chi connectivity index (χ2v) is 3.96. The Morgan fingerprint density at radius 2 is 2.00 bits per heavy atom. The fourth-order valence-corrected chi connectivity index (χ4v) is 1.59. The van der Waals surface area contributed by atoms with Gasteiger partial charge in [0.05, 0.1) is 0 Å². The maximum atomic E-state index is 11.3. The van der Waals surface area contributed by atoms with Crippen LogP contribution < -0.4 is 5.32 Å². The number of carboxylic acids is 1. The van der Waals surface area contributed by atoms with Crippen LogP contribution in [0.1, 0.15) is 6.42 Å². The molecule has 0 radical (unpaired) electrons. The minimum Gasteiger partial charge on any atom is -0.481 e. The highest BCUT2D eigenvalue weighted by Crippen LogP contribution is 2.18. The lowest BCUT2D eigenvalue weighted by atomic mass is 10.2. The van der Waals surface area contributed by atoms with E-state index in [0.29, 0.717) is 11.5 Å². The molecule has 7 nitrogen and oxygen atoms in total. The number of aryl methyl sites for hydroxylation is 1. The van der Waals surface area contributed by atoms with E-state index < -0.39 is 18.3 Å². The zero-order chi connectivity index (χ0) is 13.8. The normalized spacial score (nSPS) is 10.2. The molecule has 98 valence electrons. The quantitative estimate of drug-likeness (QED) is 0.796. The van der Waals surface area contributed by atoms with Crippen molar-refractivity contribution in [1.29, 1.82) is 0 Å². The molecule has 0 spiro atoms. The highest BCUT2D eigenvalue weighted by atomic mass is 16.4. The summed E-state index contributed by atoms with van der Waals surface area (Å²) in [6.45, 7) is 0. The summed E-state index contributed by atoms with van der Waals surface area (Å²) in [4.78, 5) is 21.6. The predicted octanol–water partition coefficient (Wildman–Crippen LogP) is 0.895. The Bertz CT molecular complexity index is 604. The van der Waals surface area contributed by atoms with Gasteiger partial charge in [-0.25, -0.2) is 0 Å². The molecule has 0 unspecified atom stereocenters.